The first kappa shape index (κ1) is 19.1. The molecule has 2 heterocycles. The van der Waals surface area contributed by atoms with Crippen molar-refractivity contribution in [2.24, 2.45) is 0 Å². The number of aromatic nitrogens is 4. The van der Waals surface area contributed by atoms with Gasteiger partial charge in [0.05, 0.1) is 28.7 Å². The van der Waals surface area contributed by atoms with E-state index in [2.05, 4.69) is 25.8 Å². The van der Waals surface area contributed by atoms with Crippen LogP contribution in [0.4, 0.5) is 5.82 Å². The number of allylic oxidation sites excluding steroid dienone is 2. The molecular formula is C19H23ClN6O. The first-order chi connectivity index (χ1) is 13.1. The van der Waals surface area contributed by atoms with Crippen LogP contribution < -0.4 is 10.6 Å². The Morgan fingerprint density at radius 3 is 2.74 bits per heavy atom. The molecule has 2 aromatic rings. The first-order valence-corrected chi connectivity index (χ1v) is 9.38. The quantitative estimate of drug-likeness (QED) is 0.762. The number of hydrogen-bond donors (Lipinski definition) is 2. The lowest BCUT2D eigenvalue weighted by atomic mass is 9.97. The van der Waals surface area contributed by atoms with Crippen LogP contribution in [0.5, 0.6) is 0 Å². The van der Waals surface area contributed by atoms with Crippen molar-refractivity contribution in [3.63, 3.8) is 0 Å². The average molecular weight is 387 g/mol. The van der Waals surface area contributed by atoms with Crippen LogP contribution in [0.3, 0.4) is 0 Å². The van der Waals surface area contributed by atoms with Gasteiger partial charge in [0.25, 0.3) is 5.91 Å². The van der Waals surface area contributed by atoms with Crippen LogP contribution in [0.15, 0.2) is 47.9 Å². The number of pyridine rings is 1. The predicted octanol–water partition coefficient (Wildman–Crippen LogP) is 3.28. The molecular weight excluding hydrogens is 364 g/mol. The molecule has 7 nitrogen and oxygen atoms in total. The van der Waals surface area contributed by atoms with E-state index in [9.17, 15) is 4.79 Å². The Hall–Kier alpha value is -2.67. The Morgan fingerprint density at radius 1 is 1.30 bits per heavy atom. The second-order valence-electron chi connectivity index (χ2n) is 6.49. The van der Waals surface area contributed by atoms with Gasteiger partial charge in [0.1, 0.15) is 5.82 Å². The van der Waals surface area contributed by atoms with Gasteiger partial charge in [-0.05, 0) is 44.4 Å². The normalized spacial score (nSPS) is 15.3. The molecule has 27 heavy (non-hydrogen) atoms. The zero-order valence-corrected chi connectivity index (χ0v) is 16.2. The Kier molecular flexibility index (Phi) is 6.24. The maximum atomic E-state index is 12.9. The number of rotatable bonds is 7. The fourth-order valence-electron chi connectivity index (χ4n) is 2.88. The molecule has 0 aromatic carbocycles. The van der Waals surface area contributed by atoms with E-state index in [1.807, 2.05) is 26.0 Å². The highest BCUT2D eigenvalue weighted by atomic mass is 35.5. The Morgan fingerprint density at radius 2 is 2.07 bits per heavy atom. The predicted molar refractivity (Wildman–Crippen MR) is 106 cm³/mol. The molecule has 2 N–H and O–H groups in total. The smallest absolute Gasteiger partial charge is 0.253 e. The zero-order valence-electron chi connectivity index (χ0n) is 15.4. The Labute approximate surface area is 163 Å². The van der Waals surface area contributed by atoms with Gasteiger partial charge in [-0.15, -0.1) is 0 Å². The minimum Gasteiger partial charge on any atom is -0.368 e. The van der Waals surface area contributed by atoms with E-state index in [4.69, 9.17) is 11.6 Å². The van der Waals surface area contributed by atoms with Gasteiger partial charge < -0.3 is 10.6 Å². The molecule has 0 unspecified atom stereocenters. The summed E-state index contributed by atoms with van der Waals surface area (Å²) in [7, 11) is 0. The third-order valence-corrected chi connectivity index (χ3v) is 4.67. The average Bonchev–Trinajstić information content (AvgIpc) is 3.20. The number of carbonyl (C=O) groups excluding carboxylic acids is 1. The van der Waals surface area contributed by atoms with E-state index in [-0.39, 0.29) is 11.9 Å². The van der Waals surface area contributed by atoms with Gasteiger partial charge in [0.15, 0.2) is 0 Å². The lowest BCUT2D eigenvalue weighted by molar-refractivity contribution is -0.117. The summed E-state index contributed by atoms with van der Waals surface area (Å²) in [5.74, 6) is 0.611. The standard InChI is InChI=1S/C19H23ClN6O/c1-3-15(12-22-18-7-5-14(20)11-21-18)25-19(27)16-10-13(2)4-6-17(16)26-23-8-9-24-26/h5,7-11,15H,3-4,6,12H2,1-2H3,(H,21,22)(H,25,27)/t15-/m0/s1. The van der Waals surface area contributed by atoms with Crippen LogP contribution >= 0.6 is 11.6 Å². The number of hydrogen-bond acceptors (Lipinski definition) is 5. The van der Waals surface area contributed by atoms with Crippen molar-refractivity contribution in [2.45, 2.75) is 39.2 Å². The Bertz CT molecular complexity index is 842. The van der Waals surface area contributed by atoms with Crippen molar-refractivity contribution < 1.29 is 4.79 Å². The second kappa shape index (κ2) is 8.81. The van der Waals surface area contributed by atoms with E-state index in [0.29, 0.717) is 17.1 Å². The third-order valence-electron chi connectivity index (χ3n) is 4.45. The molecule has 0 saturated carbocycles. The van der Waals surface area contributed by atoms with Crippen molar-refractivity contribution in [1.29, 1.82) is 0 Å². The molecule has 0 aliphatic heterocycles. The number of amides is 1. The fraction of sp³-hybridized carbons (Fsp3) is 0.368. The number of anilines is 1. The molecule has 2 aromatic heterocycles. The van der Waals surface area contributed by atoms with Crippen molar-refractivity contribution >= 4 is 29.0 Å². The summed E-state index contributed by atoms with van der Waals surface area (Å²) in [5, 5.41) is 15.3. The van der Waals surface area contributed by atoms with Crippen LogP contribution in [0.2, 0.25) is 5.02 Å². The molecule has 0 radical (unpaired) electrons. The summed E-state index contributed by atoms with van der Waals surface area (Å²) in [6.07, 6.45) is 9.18. The lowest BCUT2D eigenvalue weighted by Crippen LogP contribution is -2.40. The van der Waals surface area contributed by atoms with Crippen LogP contribution in [0.1, 0.15) is 33.1 Å². The Balaban J connectivity index is 1.70. The topological polar surface area (TPSA) is 84.7 Å². The monoisotopic (exact) mass is 386 g/mol. The molecule has 8 heteroatoms. The third kappa shape index (κ3) is 4.95. The number of nitrogens with zero attached hydrogens (tertiary/aromatic N) is 4. The van der Waals surface area contributed by atoms with Gasteiger partial charge in [-0.3, -0.25) is 4.79 Å². The molecule has 1 aliphatic carbocycles. The SMILES string of the molecule is CC[C@@H](CNc1ccc(Cl)cn1)NC(=O)C1=C(n2nccn2)CCC(C)=C1. The number of nitrogens with one attached hydrogen (secondary N) is 2. The fourth-order valence-corrected chi connectivity index (χ4v) is 2.99. The molecule has 0 fully saturated rings. The summed E-state index contributed by atoms with van der Waals surface area (Å²) in [6.45, 7) is 4.64. The summed E-state index contributed by atoms with van der Waals surface area (Å²) < 4.78 is 0. The van der Waals surface area contributed by atoms with Crippen molar-refractivity contribution in [1.82, 2.24) is 25.3 Å². The van der Waals surface area contributed by atoms with Gasteiger partial charge in [0, 0.05) is 18.8 Å². The number of halogens is 1. The van der Waals surface area contributed by atoms with E-state index >= 15 is 0 Å². The van der Waals surface area contributed by atoms with Crippen molar-refractivity contribution in [3.8, 4) is 0 Å². The van der Waals surface area contributed by atoms with Crippen LogP contribution in [-0.2, 0) is 4.79 Å². The van der Waals surface area contributed by atoms with Crippen LogP contribution in [0, 0.1) is 0 Å². The number of carbonyl (C=O) groups is 1. The van der Waals surface area contributed by atoms with Gasteiger partial charge in [-0.25, -0.2) is 4.98 Å². The van der Waals surface area contributed by atoms with E-state index < -0.39 is 0 Å². The lowest BCUT2D eigenvalue weighted by Gasteiger charge is -2.21. The largest absolute Gasteiger partial charge is 0.368 e. The highest BCUT2D eigenvalue weighted by Crippen LogP contribution is 2.26. The van der Waals surface area contributed by atoms with E-state index in [1.165, 1.54) is 10.4 Å². The minimum atomic E-state index is -0.112. The van der Waals surface area contributed by atoms with Crippen molar-refractivity contribution in [3.05, 3.63) is 53.0 Å². The second-order valence-corrected chi connectivity index (χ2v) is 6.93. The molecule has 142 valence electrons. The first-order valence-electron chi connectivity index (χ1n) is 9.00. The molecule has 0 spiro atoms. The van der Waals surface area contributed by atoms with Gasteiger partial charge >= 0.3 is 0 Å². The van der Waals surface area contributed by atoms with Crippen LogP contribution in [-0.4, -0.2) is 38.5 Å². The highest BCUT2D eigenvalue weighted by molar-refractivity contribution is 6.30. The van der Waals surface area contributed by atoms with Gasteiger partial charge in [-0.1, -0.05) is 24.1 Å². The molecule has 0 saturated heterocycles. The van der Waals surface area contributed by atoms with Gasteiger partial charge in [0.2, 0.25) is 0 Å². The maximum Gasteiger partial charge on any atom is 0.253 e. The maximum absolute atomic E-state index is 12.9. The molecule has 0 bridgehead atoms. The molecule has 1 atom stereocenters. The molecule has 1 amide bonds. The van der Waals surface area contributed by atoms with E-state index in [1.54, 1.807) is 24.7 Å². The van der Waals surface area contributed by atoms with Gasteiger partial charge in [-0.2, -0.15) is 15.0 Å². The summed E-state index contributed by atoms with van der Waals surface area (Å²) in [6, 6.07) is 3.55. The summed E-state index contributed by atoms with van der Waals surface area (Å²) in [5.41, 5.74) is 2.62. The summed E-state index contributed by atoms with van der Waals surface area (Å²) >= 11 is 5.85. The minimum absolute atomic E-state index is 0.0371. The molecule has 1 aliphatic rings. The zero-order chi connectivity index (χ0) is 19.2. The van der Waals surface area contributed by atoms with Crippen molar-refractivity contribution in [2.75, 3.05) is 11.9 Å². The highest BCUT2D eigenvalue weighted by Gasteiger charge is 2.22. The summed E-state index contributed by atoms with van der Waals surface area (Å²) in [4.78, 5) is 18.7. The van der Waals surface area contributed by atoms with Crippen LogP contribution in [0.25, 0.3) is 5.70 Å². The molecule has 3 rings (SSSR count). The van der Waals surface area contributed by atoms with E-state index in [0.717, 1.165) is 30.8 Å².